The molecule has 0 amide bonds. The van der Waals surface area contributed by atoms with Crippen LogP contribution in [0.3, 0.4) is 0 Å². The second-order valence-corrected chi connectivity index (χ2v) is 12.5. The topological polar surface area (TPSA) is 54.4 Å². The molecular weight excluding hydrogens is 375 g/mol. The second-order valence-electron chi connectivity index (χ2n) is 10.3. The summed E-state index contributed by atoms with van der Waals surface area (Å²) in [6.45, 7) is 6.41. The van der Waals surface area contributed by atoms with Crippen LogP contribution in [0.15, 0.2) is 0 Å². The number of rotatable bonds is 5. The van der Waals surface area contributed by atoms with Crippen LogP contribution < -0.4 is 0 Å². The van der Waals surface area contributed by atoms with Crippen molar-refractivity contribution in [3.63, 3.8) is 0 Å². The van der Waals surface area contributed by atoms with E-state index >= 15 is 0 Å². The van der Waals surface area contributed by atoms with Crippen molar-refractivity contribution in [3.05, 3.63) is 0 Å². The van der Waals surface area contributed by atoms with Crippen LogP contribution >= 0.6 is 0 Å². The predicted octanol–water partition coefficient (Wildman–Crippen LogP) is 5.31. The van der Waals surface area contributed by atoms with Crippen molar-refractivity contribution < 1.29 is 17.9 Å². The van der Waals surface area contributed by atoms with Gasteiger partial charge in [0.2, 0.25) is 0 Å². The van der Waals surface area contributed by atoms with Gasteiger partial charge >= 0.3 is 0 Å². The molecule has 3 nitrogen and oxygen atoms in total. The standard InChI is InChI=1S/C23H41FO3S/c1-4-6-13-23(5-2)15-28(26,27)20-12-7-16(3)14-19(20)21(22(23)25)17-8-10-18(24)11-9-17/h16-22,25H,4-15H2,1-3H3/t16?,17?,18?,19?,20?,21-,22-,23-/m1/s1. The number of aliphatic hydroxyl groups excluding tert-OH is 1. The van der Waals surface area contributed by atoms with Crippen LogP contribution in [-0.2, 0) is 9.84 Å². The zero-order valence-electron chi connectivity index (χ0n) is 18.1. The van der Waals surface area contributed by atoms with E-state index in [1.165, 1.54) is 0 Å². The molecule has 1 N–H and O–H groups in total. The number of halogens is 1. The highest BCUT2D eigenvalue weighted by Crippen LogP contribution is 2.53. The number of unbranched alkanes of at least 4 members (excludes halogenated alkanes) is 1. The minimum absolute atomic E-state index is 0.00864. The van der Waals surface area contributed by atoms with Crippen LogP contribution in [0, 0.1) is 29.1 Å². The predicted molar refractivity (Wildman–Crippen MR) is 113 cm³/mol. The van der Waals surface area contributed by atoms with Crippen LogP contribution in [0.4, 0.5) is 4.39 Å². The number of fused-ring (bicyclic) bond motifs is 1. The smallest absolute Gasteiger partial charge is 0.154 e. The summed E-state index contributed by atoms with van der Waals surface area (Å²) in [5.74, 6) is 0.964. The molecule has 0 radical (unpaired) electrons. The quantitative estimate of drug-likeness (QED) is 0.660. The Bertz CT molecular complexity index is 613. The molecule has 1 aliphatic heterocycles. The fraction of sp³-hybridized carbons (Fsp3) is 1.00. The first-order chi connectivity index (χ1) is 13.2. The van der Waals surface area contributed by atoms with E-state index in [2.05, 4.69) is 20.8 Å². The molecular formula is C23H41FO3S. The Kier molecular flexibility index (Phi) is 7.17. The number of alkyl halides is 1. The molecule has 0 aromatic heterocycles. The fourth-order valence-corrected chi connectivity index (χ4v) is 9.65. The Hall–Kier alpha value is -0.160. The molecule has 2 aliphatic carbocycles. The molecule has 3 aliphatic rings. The SMILES string of the molecule is CCCC[C@]1(CC)CS(=O)(=O)C2CCC(C)CC2[C@@H](C2CCC(F)CC2)[C@H]1O. The summed E-state index contributed by atoms with van der Waals surface area (Å²) in [4.78, 5) is 0. The van der Waals surface area contributed by atoms with E-state index in [1.54, 1.807) is 0 Å². The van der Waals surface area contributed by atoms with Crippen molar-refractivity contribution in [1.82, 2.24) is 0 Å². The minimum Gasteiger partial charge on any atom is -0.392 e. The summed E-state index contributed by atoms with van der Waals surface area (Å²) in [6.07, 6.45) is 7.49. The largest absolute Gasteiger partial charge is 0.392 e. The van der Waals surface area contributed by atoms with Gasteiger partial charge in [0, 0.05) is 5.41 Å². The third-order valence-corrected chi connectivity index (χ3v) is 11.0. The van der Waals surface area contributed by atoms with E-state index in [9.17, 15) is 17.9 Å². The summed E-state index contributed by atoms with van der Waals surface area (Å²) in [5, 5.41) is 11.5. The Labute approximate surface area is 171 Å². The van der Waals surface area contributed by atoms with Gasteiger partial charge in [-0.05, 0) is 81.5 Å². The van der Waals surface area contributed by atoms with Gasteiger partial charge in [0.1, 0.15) is 6.17 Å². The van der Waals surface area contributed by atoms with E-state index < -0.39 is 27.5 Å². The van der Waals surface area contributed by atoms with Crippen LogP contribution in [-0.4, -0.2) is 36.8 Å². The Morgan fingerprint density at radius 3 is 2.36 bits per heavy atom. The highest BCUT2D eigenvalue weighted by molar-refractivity contribution is 7.92. The van der Waals surface area contributed by atoms with Gasteiger partial charge in [0.05, 0.1) is 17.1 Å². The highest BCUT2D eigenvalue weighted by atomic mass is 32.2. The van der Waals surface area contributed by atoms with E-state index in [1.807, 2.05) is 0 Å². The zero-order valence-corrected chi connectivity index (χ0v) is 18.9. The lowest BCUT2D eigenvalue weighted by Gasteiger charge is -2.47. The van der Waals surface area contributed by atoms with E-state index in [0.29, 0.717) is 25.2 Å². The maximum Gasteiger partial charge on any atom is 0.154 e. The van der Waals surface area contributed by atoms with Crippen molar-refractivity contribution in [2.45, 2.75) is 109 Å². The molecule has 0 bridgehead atoms. The first kappa shape index (κ1) is 22.5. The lowest BCUT2D eigenvalue weighted by atomic mass is 9.60. The molecule has 3 rings (SSSR count). The molecule has 6 atom stereocenters. The van der Waals surface area contributed by atoms with Crippen LogP contribution in [0.2, 0.25) is 0 Å². The maximum atomic E-state index is 13.8. The summed E-state index contributed by atoms with van der Waals surface area (Å²) in [5.41, 5.74) is -0.535. The van der Waals surface area contributed by atoms with Crippen LogP contribution in [0.25, 0.3) is 0 Å². The van der Waals surface area contributed by atoms with Crippen molar-refractivity contribution in [1.29, 1.82) is 0 Å². The molecule has 28 heavy (non-hydrogen) atoms. The molecule has 0 aromatic carbocycles. The summed E-state index contributed by atoms with van der Waals surface area (Å²) in [6, 6.07) is 0. The van der Waals surface area contributed by atoms with Gasteiger partial charge in [-0.2, -0.15) is 0 Å². The molecule has 0 aromatic rings. The summed E-state index contributed by atoms with van der Waals surface area (Å²) in [7, 11) is -3.24. The monoisotopic (exact) mass is 416 g/mol. The number of aliphatic hydroxyl groups is 1. The fourth-order valence-electron chi connectivity index (χ4n) is 6.79. The summed E-state index contributed by atoms with van der Waals surface area (Å²) < 4.78 is 40.9. The average Bonchev–Trinajstić information content (AvgIpc) is 2.72. The maximum absolute atomic E-state index is 13.8. The number of sulfone groups is 1. The van der Waals surface area contributed by atoms with Crippen molar-refractivity contribution in [3.8, 4) is 0 Å². The van der Waals surface area contributed by atoms with Gasteiger partial charge in [0.25, 0.3) is 0 Å². The lowest BCUT2D eigenvalue weighted by molar-refractivity contribution is -0.0693. The summed E-state index contributed by atoms with van der Waals surface area (Å²) >= 11 is 0. The second kappa shape index (κ2) is 8.91. The van der Waals surface area contributed by atoms with Crippen LogP contribution in [0.1, 0.15) is 91.4 Å². The average molecular weight is 417 g/mol. The lowest BCUT2D eigenvalue weighted by Crippen LogP contribution is -2.48. The van der Waals surface area contributed by atoms with Gasteiger partial charge in [0.15, 0.2) is 9.84 Å². The van der Waals surface area contributed by atoms with Crippen LogP contribution in [0.5, 0.6) is 0 Å². The molecule has 1 heterocycles. The molecule has 3 fully saturated rings. The third-order valence-electron chi connectivity index (χ3n) is 8.51. The molecule has 3 unspecified atom stereocenters. The molecule has 2 saturated carbocycles. The minimum atomic E-state index is -3.24. The highest BCUT2D eigenvalue weighted by Gasteiger charge is 2.56. The van der Waals surface area contributed by atoms with E-state index in [0.717, 1.165) is 51.4 Å². The Balaban J connectivity index is 2.03. The van der Waals surface area contributed by atoms with Gasteiger partial charge in [-0.15, -0.1) is 0 Å². The Morgan fingerprint density at radius 1 is 1.07 bits per heavy atom. The van der Waals surface area contributed by atoms with Crippen molar-refractivity contribution >= 4 is 9.84 Å². The van der Waals surface area contributed by atoms with Crippen molar-refractivity contribution in [2.24, 2.45) is 29.1 Å². The normalized spacial score (nSPS) is 46.5. The number of hydrogen-bond donors (Lipinski definition) is 1. The molecule has 164 valence electrons. The van der Waals surface area contributed by atoms with E-state index in [4.69, 9.17) is 0 Å². The molecule has 1 saturated heterocycles. The first-order valence-corrected chi connectivity index (χ1v) is 13.5. The van der Waals surface area contributed by atoms with Gasteiger partial charge in [-0.3, -0.25) is 0 Å². The van der Waals surface area contributed by atoms with Crippen molar-refractivity contribution in [2.75, 3.05) is 5.75 Å². The zero-order chi connectivity index (χ0) is 20.5. The van der Waals surface area contributed by atoms with Gasteiger partial charge in [-0.25, -0.2) is 12.8 Å². The van der Waals surface area contributed by atoms with E-state index in [-0.39, 0.29) is 28.8 Å². The Morgan fingerprint density at radius 2 is 1.75 bits per heavy atom. The molecule has 0 spiro atoms. The van der Waals surface area contributed by atoms with Gasteiger partial charge in [-0.1, -0.05) is 33.6 Å². The number of hydrogen-bond acceptors (Lipinski definition) is 3. The molecule has 5 heteroatoms. The third kappa shape index (κ3) is 4.31. The van der Waals surface area contributed by atoms with Gasteiger partial charge < -0.3 is 5.11 Å². The first-order valence-electron chi connectivity index (χ1n) is 11.8.